The smallest absolute Gasteiger partial charge is 0.119 e. The van der Waals surface area contributed by atoms with Crippen LogP contribution >= 0.6 is 0 Å². The van der Waals surface area contributed by atoms with Crippen LogP contribution < -0.4 is 0 Å². The summed E-state index contributed by atoms with van der Waals surface area (Å²) >= 11 is 0. The van der Waals surface area contributed by atoms with Crippen LogP contribution in [0.1, 0.15) is 63.0 Å². The van der Waals surface area contributed by atoms with Crippen molar-refractivity contribution in [3.05, 3.63) is 47.5 Å². The van der Waals surface area contributed by atoms with E-state index in [0.29, 0.717) is 11.7 Å². The highest BCUT2D eigenvalue weighted by atomic mass is 16.3. The highest BCUT2D eigenvalue weighted by Crippen LogP contribution is 2.40. The maximum absolute atomic E-state index is 10.3. The highest BCUT2D eigenvalue weighted by Gasteiger charge is 2.20. The van der Waals surface area contributed by atoms with Crippen molar-refractivity contribution in [1.82, 2.24) is 0 Å². The first kappa shape index (κ1) is 17.4. The molecule has 0 spiro atoms. The molecular formula is C21H28O2. The molecule has 0 amide bonds. The van der Waals surface area contributed by atoms with Gasteiger partial charge in [-0.2, -0.15) is 0 Å². The van der Waals surface area contributed by atoms with Gasteiger partial charge in [0, 0.05) is 0 Å². The number of phenols is 2. The normalized spacial score (nSPS) is 14.9. The summed E-state index contributed by atoms with van der Waals surface area (Å²) in [6.45, 7) is 6.00. The van der Waals surface area contributed by atoms with E-state index in [1.165, 1.54) is 19.3 Å². The van der Waals surface area contributed by atoms with Gasteiger partial charge in [-0.15, -0.1) is 0 Å². The predicted molar refractivity (Wildman–Crippen MR) is 97.1 cm³/mol. The van der Waals surface area contributed by atoms with E-state index in [2.05, 4.69) is 6.07 Å². The van der Waals surface area contributed by atoms with Crippen LogP contribution in [-0.4, -0.2) is 10.2 Å². The van der Waals surface area contributed by atoms with Crippen LogP contribution in [0.15, 0.2) is 36.4 Å². The standard InChI is InChI=1S/C19H22O2.C2H6/c1-13-10-19(21)18(14-6-3-2-4-7-14)12-17(13)15-8-5-9-16(20)11-15;1-2/h5,8-12,14,20-21H,2-4,6-7H2,1H3;1-2H3. The van der Waals surface area contributed by atoms with E-state index < -0.39 is 0 Å². The van der Waals surface area contributed by atoms with Crippen LogP contribution in [0.25, 0.3) is 11.1 Å². The summed E-state index contributed by atoms with van der Waals surface area (Å²) in [6.07, 6.45) is 6.13. The lowest BCUT2D eigenvalue weighted by Crippen LogP contribution is -2.05. The fraction of sp³-hybridized carbons (Fsp3) is 0.429. The van der Waals surface area contributed by atoms with Crippen LogP contribution in [0.4, 0.5) is 0 Å². The summed E-state index contributed by atoms with van der Waals surface area (Å²) in [6, 6.07) is 11.3. The fourth-order valence-electron chi connectivity index (χ4n) is 3.43. The van der Waals surface area contributed by atoms with Crippen molar-refractivity contribution in [3.63, 3.8) is 0 Å². The maximum Gasteiger partial charge on any atom is 0.119 e. The maximum atomic E-state index is 10.3. The summed E-state index contributed by atoms with van der Waals surface area (Å²) in [5.74, 6) is 1.16. The zero-order valence-electron chi connectivity index (χ0n) is 14.5. The molecule has 0 aliphatic heterocycles. The number of aromatic hydroxyl groups is 2. The third kappa shape index (κ3) is 4.07. The first-order valence-corrected chi connectivity index (χ1v) is 8.78. The Bertz CT molecular complexity index is 640. The molecule has 1 aliphatic carbocycles. The lowest BCUT2D eigenvalue weighted by molar-refractivity contribution is 0.414. The van der Waals surface area contributed by atoms with E-state index >= 15 is 0 Å². The molecule has 0 aromatic heterocycles. The van der Waals surface area contributed by atoms with Gasteiger partial charge in [0.05, 0.1) is 0 Å². The van der Waals surface area contributed by atoms with Crippen molar-refractivity contribution >= 4 is 0 Å². The Morgan fingerprint density at radius 2 is 1.61 bits per heavy atom. The Hall–Kier alpha value is -1.96. The van der Waals surface area contributed by atoms with Crippen molar-refractivity contribution in [1.29, 1.82) is 0 Å². The van der Waals surface area contributed by atoms with Gasteiger partial charge in [-0.05, 0) is 72.2 Å². The SMILES string of the molecule is CC.Cc1cc(O)c(C2CCCCC2)cc1-c1cccc(O)c1. The van der Waals surface area contributed by atoms with Crippen molar-refractivity contribution in [2.24, 2.45) is 0 Å². The summed E-state index contributed by atoms with van der Waals surface area (Å²) < 4.78 is 0. The quantitative estimate of drug-likeness (QED) is 0.698. The minimum atomic E-state index is 0.277. The highest BCUT2D eigenvalue weighted by molar-refractivity contribution is 5.71. The van der Waals surface area contributed by atoms with Gasteiger partial charge in [-0.1, -0.05) is 45.2 Å². The molecule has 0 radical (unpaired) electrons. The van der Waals surface area contributed by atoms with Gasteiger partial charge in [-0.3, -0.25) is 0 Å². The Morgan fingerprint density at radius 1 is 0.913 bits per heavy atom. The van der Waals surface area contributed by atoms with Crippen LogP contribution in [0.2, 0.25) is 0 Å². The van der Waals surface area contributed by atoms with Crippen molar-refractivity contribution in [2.75, 3.05) is 0 Å². The van der Waals surface area contributed by atoms with E-state index in [9.17, 15) is 10.2 Å². The molecule has 2 nitrogen and oxygen atoms in total. The average Bonchev–Trinajstić information content (AvgIpc) is 2.57. The lowest BCUT2D eigenvalue weighted by atomic mass is 9.82. The number of hydrogen-bond donors (Lipinski definition) is 2. The first-order chi connectivity index (χ1) is 11.1. The lowest BCUT2D eigenvalue weighted by Gasteiger charge is -2.24. The molecule has 124 valence electrons. The molecule has 3 rings (SSSR count). The Morgan fingerprint density at radius 3 is 2.26 bits per heavy atom. The molecule has 2 aromatic carbocycles. The molecular weight excluding hydrogens is 284 g/mol. The Balaban J connectivity index is 0.000000924. The molecule has 1 fully saturated rings. The number of benzene rings is 2. The number of aryl methyl sites for hydroxylation is 1. The van der Waals surface area contributed by atoms with E-state index in [0.717, 1.165) is 35.1 Å². The summed E-state index contributed by atoms with van der Waals surface area (Å²) in [5, 5.41) is 20.0. The van der Waals surface area contributed by atoms with Gasteiger partial charge in [0.15, 0.2) is 0 Å². The van der Waals surface area contributed by atoms with Crippen LogP contribution in [0, 0.1) is 6.92 Å². The summed E-state index contributed by atoms with van der Waals surface area (Å²) in [4.78, 5) is 0. The summed E-state index contributed by atoms with van der Waals surface area (Å²) in [7, 11) is 0. The molecule has 1 saturated carbocycles. The van der Waals surface area contributed by atoms with Crippen LogP contribution in [0.5, 0.6) is 11.5 Å². The molecule has 2 heteroatoms. The third-order valence-electron chi connectivity index (χ3n) is 4.58. The van der Waals surface area contributed by atoms with E-state index in [1.54, 1.807) is 12.1 Å². The monoisotopic (exact) mass is 312 g/mol. The van der Waals surface area contributed by atoms with Gasteiger partial charge in [0.2, 0.25) is 0 Å². The second-order valence-corrected chi connectivity index (χ2v) is 6.11. The van der Waals surface area contributed by atoms with Crippen molar-refractivity contribution < 1.29 is 10.2 Å². The Kier molecular flexibility index (Phi) is 6.09. The number of phenolic OH excluding ortho intramolecular Hbond substituents is 2. The topological polar surface area (TPSA) is 40.5 Å². The van der Waals surface area contributed by atoms with Crippen molar-refractivity contribution in [3.8, 4) is 22.6 Å². The number of hydrogen-bond acceptors (Lipinski definition) is 2. The minimum absolute atomic E-state index is 0.277. The van der Waals surface area contributed by atoms with Gasteiger partial charge >= 0.3 is 0 Å². The number of rotatable bonds is 2. The second-order valence-electron chi connectivity index (χ2n) is 6.11. The minimum Gasteiger partial charge on any atom is -0.508 e. The molecule has 1 aliphatic rings. The van der Waals surface area contributed by atoms with Gasteiger partial charge in [0.25, 0.3) is 0 Å². The third-order valence-corrected chi connectivity index (χ3v) is 4.58. The molecule has 23 heavy (non-hydrogen) atoms. The van der Waals surface area contributed by atoms with Crippen molar-refractivity contribution in [2.45, 2.75) is 58.8 Å². The first-order valence-electron chi connectivity index (χ1n) is 8.78. The molecule has 0 saturated heterocycles. The second kappa shape index (κ2) is 8.05. The van der Waals surface area contributed by atoms with E-state index in [-0.39, 0.29) is 5.75 Å². The fourth-order valence-corrected chi connectivity index (χ4v) is 3.43. The zero-order chi connectivity index (χ0) is 16.8. The predicted octanol–water partition coefficient (Wildman–Crippen LogP) is 6.15. The van der Waals surface area contributed by atoms with Gasteiger partial charge in [0.1, 0.15) is 11.5 Å². The molecule has 0 heterocycles. The zero-order valence-corrected chi connectivity index (χ0v) is 14.5. The van der Waals surface area contributed by atoms with Crippen LogP contribution in [-0.2, 0) is 0 Å². The Labute approximate surface area is 139 Å². The molecule has 2 N–H and O–H groups in total. The van der Waals surface area contributed by atoms with Gasteiger partial charge < -0.3 is 10.2 Å². The molecule has 0 atom stereocenters. The largest absolute Gasteiger partial charge is 0.508 e. The van der Waals surface area contributed by atoms with Gasteiger partial charge in [-0.25, -0.2) is 0 Å². The van der Waals surface area contributed by atoms with Crippen LogP contribution in [0.3, 0.4) is 0 Å². The van der Waals surface area contributed by atoms with E-state index in [4.69, 9.17) is 0 Å². The molecule has 0 bridgehead atoms. The molecule has 2 aromatic rings. The average molecular weight is 312 g/mol. The molecule has 0 unspecified atom stereocenters. The summed E-state index contributed by atoms with van der Waals surface area (Å²) in [5.41, 5.74) is 4.21. The van der Waals surface area contributed by atoms with E-state index in [1.807, 2.05) is 39.0 Å².